The van der Waals surface area contributed by atoms with Gasteiger partial charge < -0.3 is 4.42 Å². The van der Waals surface area contributed by atoms with Gasteiger partial charge in [-0.2, -0.15) is 0 Å². The van der Waals surface area contributed by atoms with Crippen molar-refractivity contribution in [3.05, 3.63) is 224 Å². The monoisotopic (exact) mass is 907 g/mol. The first-order valence-corrected chi connectivity index (χ1v) is 24.5. The molecule has 0 N–H and O–H groups in total. The molecule has 0 aliphatic heterocycles. The van der Waals surface area contributed by atoms with Crippen molar-refractivity contribution in [3.63, 3.8) is 0 Å². The Labute approximate surface area is 405 Å². The van der Waals surface area contributed by atoms with Gasteiger partial charge in [0.25, 0.3) is 0 Å². The lowest BCUT2D eigenvalue weighted by Crippen LogP contribution is -2.00. The van der Waals surface area contributed by atoms with Crippen LogP contribution in [0.25, 0.3) is 152 Å². The largest absolute Gasteiger partial charge is 0.455 e. The van der Waals surface area contributed by atoms with Crippen LogP contribution in [0.2, 0.25) is 0 Å². The van der Waals surface area contributed by atoms with E-state index in [9.17, 15) is 0 Å². The first-order valence-electron chi connectivity index (χ1n) is 23.7. The number of nitrogens with zero attached hydrogens (tertiary/aromatic N) is 3. The molecule has 0 bridgehead atoms. The molecule has 0 aliphatic rings. The fourth-order valence-corrected chi connectivity index (χ4v) is 12.4. The van der Waals surface area contributed by atoms with Crippen LogP contribution in [0.5, 0.6) is 0 Å². The molecular weight excluding hydrogens is 871 g/mol. The van der Waals surface area contributed by atoms with E-state index in [0.29, 0.717) is 17.5 Å². The molecule has 3 heterocycles. The second kappa shape index (κ2) is 15.2. The predicted octanol–water partition coefficient (Wildman–Crippen LogP) is 18.2. The number of rotatable bonds is 5. The van der Waals surface area contributed by atoms with Gasteiger partial charge in [0, 0.05) is 53.2 Å². The maximum absolute atomic E-state index is 6.86. The molecule has 15 rings (SSSR count). The van der Waals surface area contributed by atoms with Crippen molar-refractivity contribution in [1.29, 1.82) is 0 Å². The van der Waals surface area contributed by atoms with Gasteiger partial charge in [-0.3, -0.25) is 0 Å². The summed E-state index contributed by atoms with van der Waals surface area (Å²) in [5.74, 6) is 1.79. The van der Waals surface area contributed by atoms with Gasteiger partial charge >= 0.3 is 0 Å². The number of hydrogen-bond donors (Lipinski definition) is 0. The Balaban J connectivity index is 0.926. The quantitative estimate of drug-likeness (QED) is 0.161. The summed E-state index contributed by atoms with van der Waals surface area (Å²) in [7, 11) is 0. The molecule has 0 radical (unpaired) electrons. The zero-order valence-electron chi connectivity index (χ0n) is 37.5. The van der Waals surface area contributed by atoms with E-state index in [1.54, 1.807) is 0 Å². The molecule has 70 heavy (non-hydrogen) atoms. The highest BCUT2D eigenvalue weighted by atomic mass is 32.1. The Bertz CT molecular complexity index is 4620. The lowest BCUT2D eigenvalue weighted by molar-refractivity contribution is 0.670. The van der Waals surface area contributed by atoms with Crippen LogP contribution in [0.15, 0.2) is 229 Å². The van der Waals surface area contributed by atoms with Crippen LogP contribution in [0.1, 0.15) is 0 Å². The Kier molecular flexibility index (Phi) is 8.49. The third kappa shape index (κ3) is 5.92. The van der Waals surface area contributed by atoms with E-state index in [1.807, 2.05) is 23.5 Å². The maximum Gasteiger partial charge on any atom is 0.164 e. The Morgan fingerprint density at radius 1 is 0.286 bits per heavy atom. The molecule has 0 amide bonds. The molecule has 0 aliphatic carbocycles. The molecule has 12 aromatic carbocycles. The Morgan fingerprint density at radius 2 is 0.771 bits per heavy atom. The second-order valence-electron chi connectivity index (χ2n) is 18.2. The van der Waals surface area contributed by atoms with E-state index in [2.05, 4.69) is 212 Å². The standard InChI is InChI=1S/C65H37N3OS/c1-3-16-43-38(13-1)15-9-23-46(43)52-24-11-26-55-59-56(27-12-28-58(59)69-60(52)55)65-67-63(66-64(68-65)42-34-35-51-49-20-6-5-18-47(49)48-19-7-8-21-50(48)57(51)37-42)41-31-29-40(30-32-41)45-22-10-25-53-54-36-33-39-14-2-4-17-44(39)62(54)70-61(45)53/h1-37H. The minimum absolute atomic E-state index is 0.582. The molecule has 0 unspecified atom stereocenters. The van der Waals surface area contributed by atoms with Crippen LogP contribution in [-0.2, 0) is 0 Å². The number of para-hydroxylation sites is 1. The second-order valence-corrected chi connectivity index (χ2v) is 19.2. The Morgan fingerprint density at radius 3 is 1.54 bits per heavy atom. The topological polar surface area (TPSA) is 51.8 Å². The predicted molar refractivity (Wildman–Crippen MR) is 295 cm³/mol. The summed E-state index contributed by atoms with van der Waals surface area (Å²) in [6.07, 6.45) is 0. The lowest BCUT2D eigenvalue weighted by atomic mass is 9.93. The molecule has 3 aromatic heterocycles. The molecular formula is C65H37N3OS. The summed E-state index contributed by atoms with van der Waals surface area (Å²) in [5, 5.41) is 16.7. The number of aromatic nitrogens is 3. The minimum atomic E-state index is 0.582. The van der Waals surface area contributed by atoms with Crippen molar-refractivity contribution in [3.8, 4) is 56.4 Å². The average molecular weight is 908 g/mol. The number of furan rings is 1. The lowest BCUT2D eigenvalue weighted by Gasteiger charge is -2.13. The smallest absolute Gasteiger partial charge is 0.164 e. The van der Waals surface area contributed by atoms with Crippen molar-refractivity contribution < 1.29 is 4.42 Å². The van der Waals surface area contributed by atoms with Gasteiger partial charge in [-0.25, -0.2) is 15.0 Å². The van der Waals surface area contributed by atoms with E-state index in [1.165, 1.54) is 74.2 Å². The van der Waals surface area contributed by atoms with Crippen LogP contribution in [0.3, 0.4) is 0 Å². The highest BCUT2D eigenvalue weighted by Gasteiger charge is 2.21. The summed E-state index contributed by atoms with van der Waals surface area (Å²) >= 11 is 1.88. The van der Waals surface area contributed by atoms with E-state index in [0.717, 1.165) is 60.7 Å². The highest BCUT2D eigenvalue weighted by molar-refractivity contribution is 7.27. The van der Waals surface area contributed by atoms with Crippen molar-refractivity contribution in [1.82, 2.24) is 15.0 Å². The van der Waals surface area contributed by atoms with Gasteiger partial charge in [0.15, 0.2) is 17.5 Å². The van der Waals surface area contributed by atoms with Gasteiger partial charge in [-0.05, 0) is 82.7 Å². The van der Waals surface area contributed by atoms with E-state index < -0.39 is 0 Å². The number of thiophene rings is 1. The van der Waals surface area contributed by atoms with E-state index in [-0.39, 0.29) is 0 Å². The molecule has 4 nitrogen and oxygen atoms in total. The van der Waals surface area contributed by atoms with Gasteiger partial charge in [-0.1, -0.05) is 212 Å². The molecule has 0 saturated heterocycles. The third-order valence-corrected chi connectivity index (χ3v) is 15.6. The summed E-state index contributed by atoms with van der Waals surface area (Å²) in [6.45, 7) is 0. The van der Waals surface area contributed by atoms with Crippen LogP contribution in [0.4, 0.5) is 0 Å². The SMILES string of the molecule is c1ccc2c(-c3cccc4c3oc3cccc(-c5nc(-c6ccc(-c7cccc8c7sc7c9ccccc9ccc87)cc6)nc(-c6ccc7c8ccccc8c8ccccc8c7c6)n5)c34)cccc2c1. The summed E-state index contributed by atoms with van der Waals surface area (Å²) in [5.41, 5.74) is 8.85. The number of benzene rings is 12. The van der Waals surface area contributed by atoms with Crippen LogP contribution >= 0.6 is 11.3 Å². The fourth-order valence-electron chi connectivity index (χ4n) is 11.1. The van der Waals surface area contributed by atoms with Crippen molar-refractivity contribution in [2.45, 2.75) is 0 Å². The average Bonchev–Trinajstić information content (AvgIpc) is 4.02. The summed E-state index contributed by atoms with van der Waals surface area (Å²) in [6, 6.07) is 80.2. The van der Waals surface area contributed by atoms with Crippen molar-refractivity contribution >= 4 is 107 Å². The molecule has 5 heteroatoms. The molecule has 0 fully saturated rings. The van der Waals surface area contributed by atoms with Crippen LogP contribution < -0.4 is 0 Å². The molecule has 324 valence electrons. The van der Waals surface area contributed by atoms with Gasteiger partial charge in [0.1, 0.15) is 11.2 Å². The van der Waals surface area contributed by atoms with Gasteiger partial charge in [0.2, 0.25) is 0 Å². The van der Waals surface area contributed by atoms with Gasteiger partial charge in [-0.15, -0.1) is 11.3 Å². The number of fused-ring (bicyclic) bond motifs is 15. The zero-order valence-corrected chi connectivity index (χ0v) is 38.3. The molecule has 15 aromatic rings. The van der Waals surface area contributed by atoms with E-state index >= 15 is 0 Å². The first-order chi connectivity index (χ1) is 34.7. The molecule has 0 atom stereocenters. The zero-order chi connectivity index (χ0) is 45.9. The van der Waals surface area contributed by atoms with Crippen LogP contribution in [0, 0.1) is 0 Å². The molecule has 0 spiro atoms. The van der Waals surface area contributed by atoms with Gasteiger partial charge in [0.05, 0.1) is 0 Å². The molecule has 0 saturated carbocycles. The fraction of sp³-hybridized carbons (Fsp3) is 0. The third-order valence-electron chi connectivity index (χ3n) is 14.3. The van der Waals surface area contributed by atoms with Crippen molar-refractivity contribution in [2.24, 2.45) is 0 Å². The summed E-state index contributed by atoms with van der Waals surface area (Å²) < 4.78 is 9.46. The first kappa shape index (κ1) is 39.0. The number of hydrogen-bond acceptors (Lipinski definition) is 5. The minimum Gasteiger partial charge on any atom is -0.455 e. The Hall–Kier alpha value is -9.03. The maximum atomic E-state index is 6.86. The van der Waals surface area contributed by atoms with Crippen LogP contribution in [-0.4, -0.2) is 15.0 Å². The normalized spacial score (nSPS) is 12.0. The van der Waals surface area contributed by atoms with E-state index in [4.69, 9.17) is 19.4 Å². The summed E-state index contributed by atoms with van der Waals surface area (Å²) in [4.78, 5) is 16.1. The highest BCUT2D eigenvalue weighted by Crippen LogP contribution is 2.45. The van der Waals surface area contributed by atoms with Crippen molar-refractivity contribution in [2.75, 3.05) is 0 Å².